The van der Waals surface area contributed by atoms with E-state index < -0.39 is 0 Å². The van der Waals surface area contributed by atoms with Crippen molar-refractivity contribution in [2.24, 2.45) is 4.99 Å². The average Bonchev–Trinajstić information content (AvgIpc) is 3.01. The third-order valence-electron chi connectivity index (χ3n) is 4.19. The molecule has 1 saturated heterocycles. The zero-order chi connectivity index (χ0) is 20.8. The molecule has 1 aliphatic rings. The predicted molar refractivity (Wildman–Crippen MR) is 117 cm³/mol. The highest BCUT2D eigenvalue weighted by Crippen LogP contribution is 2.37. The molecule has 0 unspecified atom stereocenters. The van der Waals surface area contributed by atoms with E-state index in [0.717, 1.165) is 11.4 Å². The molecule has 2 aromatic rings. The Labute approximate surface area is 174 Å². The van der Waals surface area contributed by atoms with Crippen molar-refractivity contribution in [2.45, 2.75) is 20.8 Å². The van der Waals surface area contributed by atoms with Gasteiger partial charge in [0.05, 0.1) is 23.8 Å². The molecule has 29 heavy (non-hydrogen) atoms. The molecule has 0 radical (unpaired) electrons. The van der Waals surface area contributed by atoms with Gasteiger partial charge >= 0.3 is 0 Å². The maximum atomic E-state index is 12.8. The molecule has 3 rings (SSSR count). The summed E-state index contributed by atoms with van der Waals surface area (Å²) >= 11 is 1.29. The van der Waals surface area contributed by atoms with Crippen LogP contribution in [0.15, 0.2) is 52.4 Å². The Morgan fingerprint density at radius 2 is 1.79 bits per heavy atom. The molecule has 1 amide bonds. The van der Waals surface area contributed by atoms with E-state index in [1.54, 1.807) is 29.2 Å². The molecule has 0 atom stereocenters. The van der Waals surface area contributed by atoms with Crippen molar-refractivity contribution in [3.8, 4) is 17.2 Å². The Bertz CT molecular complexity index is 938. The number of hydrogen-bond acceptors (Lipinski definition) is 6. The predicted octanol–water partition coefficient (Wildman–Crippen LogP) is 4.81. The average molecular weight is 413 g/mol. The van der Waals surface area contributed by atoms with E-state index in [0.29, 0.717) is 41.1 Å². The van der Waals surface area contributed by atoms with Gasteiger partial charge in [0.25, 0.3) is 5.91 Å². The summed E-state index contributed by atoms with van der Waals surface area (Å²) in [5, 5.41) is 11.0. The van der Waals surface area contributed by atoms with Crippen LogP contribution in [0.4, 0.5) is 5.69 Å². The normalized spacial score (nSPS) is 16.7. The first-order valence-corrected chi connectivity index (χ1v) is 10.4. The van der Waals surface area contributed by atoms with Crippen LogP contribution in [-0.4, -0.2) is 40.8 Å². The van der Waals surface area contributed by atoms with E-state index in [-0.39, 0.29) is 11.7 Å². The summed E-state index contributed by atoms with van der Waals surface area (Å²) in [5.41, 5.74) is 1.27. The summed E-state index contributed by atoms with van der Waals surface area (Å²) in [4.78, 5) is 19.6. The van der Waals surface area contributed by atoms with E-state index >= 15 is 0 Å². The Morgan fingerprint density at radius 1 is 1.07 bits per heavy atom. The quantitative estimate of drug-likeness (QED) is 0.661. The van der Waals surface area contributed by atoms with E-state index in [1.165, 1.54) is 11.8 Å². The summed E-state index contributed by atoms with van der Waals surface area (Å²) in [7, 11) is 0. The number of nitrogens with zero attached hydrogens (tertiary/aromatic N) is 2. The Balaban J connectivity index is 1.89. The standard InChI is InChI=1S/C22H24N2O4S/c1-4-24-21(26)19(14-15-8-7-9-18(20(15)25)28-6-3)29-22(24)23-16-10-12-17(13-11-16)27-5-2/h7-14,25H,4-6H2,1-3H3. The minimum atomic E-state index is -0.136. The van der Waals surface area contributed by atoms with Crippen molar-refractivity contribution >= 4 is 34.6 Å². The maximum Gasteiger partial charge on any atom is 0.266 e. The van der Waals surface area contributed by atoms with Gasteiger partial charge in [-0.2, -0.15) is 0 Å². The van der Waals surface area contributed by atoms with Crippen LogP contribution in [0.3, 0.4) is 0 Å². The van der Waals surface area contributed by atoms with Crippen molar-refractivity contribution in [1.29, 1.82) is 0 Å². The molecule has 0 aromatic heterocycles. The molecule has 1 N–H and O–H groups in total. The molecule has 2 aromatic carbocycles. The first-order valence-electron chi connectivity index (χ1n) is 9.55. The molecule has 1 aliphatic heterocycles. The number of ether oxygens (including phenoxy) is 2. The summed E-state index contributed by atoms with van der Waals surface area (Å²) in [6.07, 6.45) is 1.67. The van der Waals surface area contributed by atoms with Gasteiger partial charge in [-0.05, 0) is 68.9 Å². The Morgan fingerprint density at radius 3 is 2.45 bits per heavy atom. The minimum Gasteiger partial charge on any atom is -0.504 e. The Kier molecular flexibility index (Phi) is 6.82. The lowest BCUT2D eigenvalue weighted by molar-refractivity contribution is -0.122. The van der Waals surface area contributed by atoms with E-state index in [9.17, 15) is 9.90 Å². The molecule has 0 bridgehead atoms. The number of para-hydroxylation sites is 1. The molecule has 7 heteroatoms. The smallest absolute Gasteiger partial charge is 0.266 e. The summed E-state index contributed by atoms with van der Waals surface area (Å²) in [6.45, 7) is 7.25. The molecule has 1 heterocycles. The number of aromatic hydroxyl groups is 1. The molecule has 1 fully saturated rings. The van der Waals surface area contributed by atoms with Gasteiger partial charge in [0.2, 0.25) is 0 Å². The molecular weight excluding hydrogens is 388 g/mol. The van der Waals surface area contributed by atoms with Gasteiger partial charge in [-0.3, -0.25) is 9.69 Å². The van der Waals surface area contributed by atoms with Crippen LogP contribution < -0.4 is 9.47 Å². The van der Waals surface area contributed by atoms with Crippen molar-refractivity contribution in [3.63, 3.8) is 0 Å². The van der Waals surface area contributed by atoms with Gasteiger partial charge in [-0.1, -0.05) is 12.1 Å². The third kappa shape index (κ3) is 4.74. The van der Waals surface area contributed by atoms with Gasteiger partial charge in [0.15, 0.2) is 16.7 Å². The van der Waals surface area contributed by atoms with Crippen LogP contribution in [0.1, 0.15) is 26.3 Å². The number of likely N-dealkylation sites (N-methyl/N-ethyl adjacent to an activating group) is 1. The number of aliphatic imine (C=N–C) groups is 1. The lowest BCUT2D eigenvalue weighted by Crippen LogP contribution is -2.28. The molecule has 0 aliphatic carbocycles. The number of carbonyl (C=O) groups excluding carboxylic acids is 1. The van der Waals surface area contributed by atoms with Crippen LogP contribution in [0.25, 0.3) is 6.08 Å². The number of amidine groups is 1. The first kappa shape index (κ1) is 20.8. The van der Waals surface area contributed by atoms with E-state index in [1.807, 2.05) is 45.0 Å². The van der Waals surface area contributed by atoms with Gasteiger partial charge in [0.1, 0.15) is 5.75 Å². The number of phenolic OH excluding ortho intramolecular Hbond substituents is 1. The number of amides is 1. The number of benzene rings is 2. The van der Waals surface area contributed by atoms with Crippen LogP contribution in [0.5, 0.6) is 17.2 Å². The van der Waals surface area contributed by atoms with Crippen molar-refractivity contribution in [1.82, 2.24) is 4.90 Å². The van der Waals surface area contributed by atoms with E-state index in [4.69, 9.17) is 9.47 Å². The number of carbonyl (C=O) groups is 1. The van der Waals surface area contributed by atoms with Crippen molar-refractivity contribution in [2.75, 3.05) is 19.8 Å². The largest absolute Gasteiger partial charge is 0.504 e. The number of rotatable bonds is 7. The number of phenols is 1. The second kappa shape index (κ2) is 9.52. The minimum absolute atomic E-state index is 0.0233. The number of hydrogen-bond donors (Lipinski definition) is 1. The molecule has 0 saturated carbocycles. The highest BCUT2D eigenvalue weighted by molar-refractivity contribution is 8.18. The van der Waals surface area contributed by atoms with Crippen molar-refractivity contribution < 1.29 is 19.4 Å². The molecule has 0 spiro atoms. The highest BCUT2D eigenvalue weighted by Gasteiger charge is 2.32. The maximum absolute atomic E-state index is 12.8. The summed E-state index contributed by atoms with van der Waals surface area (Å²) in [5.74, 6) is 1.07. The number of thioether (sulfide) groups is 1. The Hall–Kier alpha value is -2.93. The van der Waals surface area contributed by atoms with Crippen LogP contribution >= 0.6 is 11.8 Å². The van der Waals surface area contributed by atoms with Gasteiger partial charge in [0, 0.05) is 12.1 Å². The lowest BCUT2D eigenvalue weighted by Gasteiger charge is -2.12. The van der Waals surface area contributed by atoms with Crippen molar-refractivity contribution in [3.05, 3.63) is 52.9 Å². The second-order valence-corrected chi connectivity index (χ2v) is 7.12. The fourth-order valence-corrected chi connectivity index (χ4v) is 3.89. The SMILES string of the molecule is CCOc1ccc(N=C2SC(=Cc3cccc(OCC)c3O)C(=O)N2CC)cc1. The van der Waals surface area contributed by atoms with Gasteiger partial charge in [-0.25, -0.2) is 4.99 Å². The highest BCUT2D eigenvalue weighted by atomic mass is 32.2. The third-order valence-corrected chi connectivity index (χ3v) is 5.20. The monoisotopic (exact) mass is 412 g/mol. The van der Waals surface area contributed by atoms with Crippen LogP contribution in [0.2, 0.25) is 0 Å². The zero-order valence-electron chi connectivity index (χ0n) is 16.7. The molecule has 152 valence electrons. The van der Waals surface area contributed by atoms with Gasteiger partial charge < -0.3 is 14.6 Å². The van der Waals surface area contributed by atoms with E-state index in [2.05, 4.69) is 4.99 Å². The lowest BCUT2D eigenvalue weighted by atomic mass is 10.1. The van der Waals surface area contributed by atoms with Gasteiger partial charge in [-0.15, -0.1) is 0 Å². The fourth-order valence-electron chi connectivity index (χ4n) is 2.83. The topological polar surface area (TPSA) is 71.4 Å². The molecule has 6 nitrogen and oxygen atoms in total. The second-order valence-electron chi connectivity index (χ2n) is 6.11. The van der Waals surface area contributed by atoms with Crippen LogP contribution in [-0.2, 0) is 4.79 Å². The summed E-state index contributed by atoms with van der Waals surface area (Å²) < 4.78 is 10.9. The van der Waals surface area contributed by atoms with Crippen LogP contribution in [0, 0.1) is 0 Å². The summed E-state index contributed by atoms with van der Waals surface area (Å²) in [6, 6.07) is 12.7. The molecular formula is C22H24N2O4S. The zero-order valence-corrected chi connectivity index (χ0v) is 17.5. The fraction of sp³-hybridized carbons (Fsp3) is 0.273. The first-order chi connectivity index (χ1) is 14.1.